The molecule has 0 aromatic heterocycles. The third-order valence-corrected chi connectivity index (χ3v) is 4.56. The molecule has 19 heavy (non-hydrogen) atoms. The molecule has 2 aliphatic carbocycles. The Morgan fingerprint density at radius 1 is 1.37 bits per heavy atom. The fourth-order valence-corrected chi connectivity index (χ4v) is 3.56. The van der Waals surface area contributed by atoms with Gasteiger partial charge in [0.25, 0.3) is 0 Å². The Balaban J connectivity index is 2.06. The number of halogens is 2. The number of Topliss-reactive ketones (excluding diaryl/α,β-unsaturated/α-hetero) is 1. The highest BCUT2D eigenvalue weighted by atomic mass is 79.9. The predicted octanol–water partition coefficient (Wildman–Crippen LogP) is 3.98. The second-order valence-corrected chi connectivity index (χ2v) is 6.09. The molecule has 2 fully saturated rings. The van der Waals surface area contributed by atoms with Crippen LogP contribution in [0.4, 0.5) is 4.39 Å². The third-order valence-electron chi connectivity index (χ3n) is 4.10. The molecule has 0 radical (unpaired) electrons. The predicted molar refractivity (Wildman–Crippen MR) is 74.5 cm³/mol. The maximum atomic E-state index is 14.1. The Morgan fingerprint density at radius 2 is 2.11 bits per heavy atom. The van der Waals surface area contributed by atoms with Crippen molar-refractivity contribution in [3.63, 3.8) is 0 Å². The molecular formula is C15H14BrFO2. The molecule has 0 spiro atoms. The largest absolute Gasteiger partial charge is 0.496 e. The van der Waals surface area contributed by atoms with Crippen LogP contribution in [0.1, 0.15) is 24.8 Å². The summed E-state index contributed by atoms with van der Waals surface area (Å²) in [6.07, 6.45) is 4.65. The Morgan fingerprint density at radius 3 is 2.74 bits per heavy atom. The van der Waals surface area contributed by atoms with E-state index in [0.29, 0.717) is 21.7 Å². The molecule has 2 atom stereocenters. The van der Waals surface area contributed by atoms with Crippen molar-refractivity contribution in [3.8, 4) is 5.75 Å². The number of ether oxygens (including phenoxy) is 1. The van der Waals surface area contributed by atoms with Gasteiger partial charge in [-0.3, -0.25) is 4.79 Å². The van der Waals surface area contributed by atoms with Gasteiger partial charge in [0.05, 0.1) is 12.7 Å². The molecule has 3 rings (SSSR count). The molecule has 0 saturated heterocycles. The van der Waals surface area contributed by atoms with Crippen molar-refractivity contribution < 1.29 is 13.9 Å². The number of ketones is 1. The van der Waals surface area contributed by atoms with Crippen LogP contribution in [0.25, 0.3) is 6.08 Å². The van der Waals surface area contributed by atoms with Gasteiger partial charge in [0.1, 0.15) is 11.6 Å². The molecule has 0 N–H and O–H groups in total. The van der Waals surface area contributed by atoms with E-state index in [1.165, 1.54) is 13.2 Å². The Kier molecular flexibility index (Phi) is 3.21. The van der Waals surface area contributed by atoms with Crippen LogP contribution in [0.15, 0.2) is 22.2 Å². The summed E-state index contributed by atoms with van der Waals surface area (Å²) < 4.78 is 19.9. The summed E-state index contributed by atoms with van der Waals surface area (Å²) >= 11 is 3.24. The number of benzene rings is 1. The van der Waals surface area contributed by atoms with Crippen LogP contribution in [0.3, 0.4) is 0 Å². The molecule has 100 valence electrons. The zero-order valence-electron chi connectivity index (χ0n) is 10.6. The zero-order chi connectivity index (χ0) is 13.6. The SMILES string of the molecule is COc1cc(Br)cc(F)c1/C=C1\C(=O)C2CCC1C2. The second kappa shape index (κ2) is 4.75. The third kappa shape index (κ3) is 2.12. The Bertz CT molecular complexity index is 580. The van der Waals surface area contributed by atoms with Crippen molar-refractivity contribution in [2.75, 3.05) is 7.11 Å². The summed E-state index contributed by atoms with van der Waals surface area (Å²) in [6, 6.07) is 3.11. The van der Waals surface area contributed by atoms with Gasteiger partial charge < -0.3 is 4.74 Å². The number of rotatable bonds is 2. The molecule has 0 amide bonds. The first-order valence-corrected chi connectivity index (χ1v) is 7.18. The van der Waals surface area contributed by atoms with E-state index in [0.717, 1.165) is 24.8 Å². The van der Waals surface area contributed by atoms with Gasteiger partial charge in [-0.15, -0.1) is 0 Å². The Hall–Kier alpha value is -1.16. The van der Waals surface area contributed by atoms with Crippen LogP contribution in [-0.2, 0) is 4.79 Å². The number of hydrogen-bond donors (Lipinski definition) is 0. The molecule has 2 saturated carbocycles. The lowest BCUT2D eigenvalue weighted by molar-refractivity contribution is -0.118. The van der Waals surface area contributed by atoms with E-state index >= 15 is 0 Å². The highest BCUT2D eigenvalue weighted by Gasteiger charge is 2.42. The maximum absolute atomic E-state index is 14.1. The molecular weight excluding hydrogens is 311 g/mol. The minimum atomic E-state index is -0.366. The van der Waals surface area contributed by atoms with Crippen LogP contribution >= 0.6 is 15.9 Å². The van der Waals surface area contributed by atoms with Crippen molar-refractivity contribution in [1.29, 1.82) is 0 Å². The van der Waals surface area contributed by atoms with E-state index in [2.05, 4.69) is 15.9 Å². The van der Waals surface area contributed by atoms with Crippen LogP contribution in [-0.4, -0.2) is 12.9 Å². The van der Waals surface area contributed by atoms with E-state index in [1.54, 1.807) is 12.1 Å². The minimum absolute atomic E-state index is 0.167. The molecule has 2 unspecified atom stereocenters. The average molecular weight is 325 g/mol. The van der Waals surface area contributed by atoms with Crippen LogP contribution in [0.2, 0.25) is 0 Å². The Labute approximate surface area is 119 Å². The number of methoxy groups -OCH3 is 1. The molecule has 2 aliphatic rings. The van der Waals surface area contributed by atoms with Crippen LogP contribution in [0.5, 0.6) is 5.75 Å². The lowest BCUT2D eigenvalue weighted by atomic mass is 9.92. The standard InChI is InChI=1S/C15H14BrFO2/c1-19-14-6-10(16)5-13(17)12(14)7-11-8-2-3-9(4-8)15(11)18/h5-9H,2-4H2,1H3/b11-7-. The molecule has 1 aromatic rings. The van der Waals surface area contributed by atoms with Crippen molar-refractivity contribution in [1.82, 2.24) is 0 Å². The fraction of sp³-hybridized carbons (Fsp3) is 0.400. The number of hydrogen-bond acceptors (Lipinski definition) is 2. The van der Waals surface area contributed by atoms with Gasteiger partial charge in [0.2, 0.25) is 0 Å². The second-order valence-electron chi connectivity index (χ2n) is 5.17. The number of carbonyl (C=O) groups excluding carboxylic acids is 1. The topological polar surface area (TPSA) is 26.3 Å². The first-order valence-electron chi connectivity index (χ1n) is 6.39. The van der Waals surface area contributed by atoms with E-state index in [-0.39, 0.29) is 17.5 Å². The lowest BCUT2D eigenvalue weighted by Crippen LogP contribution is -2.12. The van der Waals surface area contributed by atoms with Crippen LogP contribution in [0, 0.1) is 17.7 Å². The zero-order valence-corrected chi connectivity index (χ0v) is 12.2. The van der Waals surface area contributed by atoms with E-state index in [9.17, 15) is 9.18 Å². The number of carbonyl (C=O) groups is 1. The van der Waals surface area contributed by atoms with E-state index in [1.807, 2.05) is 0 Å². The highest BCUT2D eigenvalue weighted by molar-refractivity contribution is 9.10. The summed E-state index contributed by atoms with van der Waals surface area (Å²) in [5, 5.41) is 0. The van der Waals surface area contributed by atoms with Gasteiger partial charge in [-0.05, 0) is 49.0 Å². The normalized spacial score (nSPS) is 27.3. The summed E-state index contributed by atoms with van der Waals surface area (Å²) in [4.78, 5) is 12.1. The first kappa shape index (κ1) is 12.9. The van der Waals surface area contributed by atoms with Gasteiger partial charge in [-0.2, -0.15) is 0 Å². The lowest BCUT2D eigenvalue weighted by Gasteiger charge is -2.14. The summed E-state index contributed by atoms with van der Waals surface area (Å²) in [6.45, 7) is 0. The first-order chi connectivity index (χ1) is 9.10. The number of fused-ring (bicyclic) bond motifs is 2. The number of allylic oxidation sites excluding steroid dienone is 1. The van der Waals surface area contributed by atoms with Gasteiger partial charge in [-0.25, -0.2) is 4.39 Å². The molecule has 2 nitrogen and oxygen atoms in total. The van der Waals surface area contributed by atoms with E-state index in [4.69, 9.17) is 4.74 Å². The molecule has 0 aliphatic heterocycles. The molecule has 4 heteroatoms. The van der Waals surface area contributed by atoms with Crippen molar-refractivity contribution in [2.24, 2.45) is 11.8 Å². The van der Waals surface area contributed by atoms with Crippen molar-refractivity contribution in [2.45, 2.75) is 19.3 Å². The summed E-state index contributed by atoms with van der Waals surface area (Å²) in [5.74, 6) is 0.760. The quantitative estimate of drug-likeness (QED) is 0.769. The molecule has 0 heterocycles. The van der Waals surface area contributed by atoms with Gasteiger partial charge in [-0.1, -0.05) is 15.9 Å². The summed E-state index contributed by atoms with van der Waals surface area (Å²) in [7, 11) is 1.51. The summed E-state index contributed by atoms with van der Waals surface area (Å²) in [5.41, 5.74) is 1.15. The van der Waals surface area contributed by atoms with Crippen molar-refractivity contribution >= 4 is 27.8 Å². The smallest absolute Gasteiger partial charge is 0.162 e. The highest BCUT2D eigenvalue weighted by Crippen LogP contribution is 2.46. The van der Waals surface area contributed by atoms with Gasteiger partial charge >= 0.3 is 0 Å². The molecule has 1 aromatic carbocycles. The minimum Gasteiger partial charge on any atom is -0.496 e. The van der Waals surface area contributed by atoms with Gasteiger partial charge in [0, 0.05) is 10.4 Å². The maximum Gasteiger partial charge on any atom is 0.162 e. The average Bonchev–Trinajstić information content (AvgIpc) is 2.95. The van der Waals surface area contributed by atoms with Crippen molar-refractivity contribution in [3.05, 3.63) is 33.6 Å². The van der Waals surface area contributed by atoms with Gasteiger partial charge in [0.15, 0.2) is 5.78 Å². The van der Waals surface area contributed by atoms with Crippen LogP contribution < -0.4 is 4.74 Å². The molecule has 2 bridgehead atoms. The van der Waals surface area contributed by atoms with E-state index < -0.39 is 0 Å². The fourth-order valence-electron chi connectivity index (χ4n) is 3.15. The monoisotopic (exact) mass is 324 g/mol.